The first-order valence-electron chi connectivity index (χ1n) is 6.60. The van der Waals surface area contributed by atoms with Gasteiger partial charge in [-0.1, -0.05) is 22.9 Å². The number of benzene rings is 1. The minimum Gasteiger partial charge on any atom is -0.417 e. The maximum absolute atomic E-state index is 5.78. The molecule has 0 amide bonds. The lowest BCUT2D eigenvalue weighted by Gasteiger charge is -1.97. The molecule has 3 rings (SSSR count). The summed E-state index contributed by atoms with van der Waals surface area (Å²) in [5.74, 6) is 1.12. The molecule has 0 unspecified atom stereocenters. The lowest BCUT2D eigenvalue weighted by Crippen LogP contribution is -2.12. The van der Waals surface area contributed by atoms with Crippen LogP contribution in [0.4, 0.5) is 0 Å². The Labute approximate surface area is 131 Å². The van der Waals surface area contributed by atoms with Gasteiger partial charge in [-0.3, -0.25) is 0 Å². The Kier molecular flexibility index (Phi) is 4.15. The first kappa shape index (κ1) is 14.3. The summed E-state index contributed by atoms with van der Waals surface area (Å²) < 4.78 is 5.53. The van der Waals surface area contributed by atoms with E-state index in [9.17, 15) is 0 Å². The molecule has 0 saturated heterocycles. The number of oxime groups is 1. The van der Waals surface area contributed by atoms with Crippen molar-refractivity contribution in [1.82, 2.24) is 10.2 Å². The van der Waals surface area contributed by atoms with Gasteiger partial charge in [-0.05, 0) is 30.5 Å². The summed E-state index contributed by atoms with van der Waals surface area (Å²) in [5.41, 5.74) is 8.65. The molecule has 6 nitrogen and oxygen atoms in total. The molecule has 0 radical (unpaired) electrons. The Morgan fingerprint density at radius 1 is 1.27 bits per heavy atom. The molecule has 0 aliphatic rings. The van der Waals surface area contributed by atoms with Crippen molar-refractivity contribution in [2.45, 2.75) is 13.5 Å². The zero-order valence-electron chi connectivity index (χ0n) is 11.9. The predicted molar refractivity (Wildman–Crippen MR) is 84.3 cm³/mol. The zero-order chi connectivity index (χ0) is 15.4. The van der Waals surface area contributed by atoms with Crippen LogP contribution in [-0.4, -0.2) is 16.0 Å². The van der Waals surface area contributed by atoms with Crippen molar-refractivity contribution in [1.29, 1.82) is 0 Å². The minimum atomic E-state index is 0.0731. The molecule has 7 heteroatoms. The number of nitrogens with two attached hydrogens (primary N) is 1. The maximum Gasteiger partial charge on any atom is 0.257 e. The van der Waals surface area contributed by atoms with Gasteiger partial charge in [0.25, 0.3) is 5.89 Å². The third-order valence-electron chi connectivity index (χ3n) is 2.93. The van der Waals surface area contributed by atoms with Crippen LogP contribution >= 0.6 is 11.3 Å². The van der Waals surface area contributed by atoms with E-state index in [1.54, 1.807) is 11.3 Å². The molecule has 2 heterocycles. The second-order valence-corrected chi connectivity index (χ2v) is 5.41. The molecule has 0 aliphatic carbocycles. The van der Waals surface area contributed by atoms with Gasteiger partial charge in [0.2, 0.25) is 5.89 Å². The van der Waals surface area contributed by atoms with Crippen LogP contribution in [-0.2, 0) is 11.4 Å². The Bertz CT molecular complexity index is 763. The van der Waals surface area contributed by atoms with E-state index in [1.807, 2.05) is 48.0 Å². The molecule has 0 saturated carbocycles. The second kappa shape index (κ2) is 6.40. The molecular weight excluding hydrogens is 300 g/mol. The van der Waals surface area contributed by atoms with Crippen molar-refractivity contribution in [2.24, 2.45) is 10.9 Å². The van der Waals surface area contributed by atoms with Crippen LogP contribution in [0.5, 0.6) is 0 Å². The molecule has 1 aromatic carbocycles. The highest BCUT2D eigenvalue weighted by Gasteiger charge is 2.09. The Hall–Kier alpha value is -2.67. The van der Waals surface area contributed by atoms with E-state index in [1.165, 1.54) is 5.56 Å². The average Bonchev–Trinajstić information content (AvgIpc) is 3.19. The molecule has 3 aromatic rings. The van der Waals surface area contributed by atoms with Crippen LogP contribution in [0, 0.1) is 6.92 Å². The summed E-state index contributed by atoms with van der Waals surface area (Å²) in [5, 5.41) is 15.6. The number of hydrogen-bond donors (Lipinski definition) is 1. The monoisotopic (exact) mass is 314 g/mol. The lowest BCUT2D eigenvalue weighted by atomic mass is 10.1. The number of thiophene rings is 1. The molecular formula is C15H14N4O2S. The molecule has 0 atom stereocenters. The van der Waals surface area contributed by atoms with Gasteiger partial charge in [-0.25, -0.2) is 0 Å². The summed E-state index contributed by atoms with van der Waals surface area (Å²) in [6.45, 7) is 2.09. The van der Waals surface area contributed by atoms with Crippen molar-refractivity contribution in [3.05, 3.63) is 58.1 Å². The molecule has 2 N–H and O–H groups in total. The molecule has 0 aliphatic heterocycles. The molecule has 112 valence electrons. The van der Waals surface area contributed by atoms with Gasteiger partial charge in [-0.2, -0.15) is 11.3 Å². The Morgan fingerprint density at radius 3 is 2.82 bits per heavy atom. The van der Waals surface area contributed by atoms with Gasteiger partial charge in [0.1, 0.15) is 0 Å². The molecule has 22 heavy (non-hydrogen) atoms. The number of aryl methyl sites for hydroxylation is 1. The predicted octanol–water partition coefficient (Wildman–Crippen LogP) is 2.94. The SMILES string of the molecule is Cc1ccc(-c2nnc(CO/N=C(/N)c3ccsc3)o2)cc1. The van der Waals surface area contributed by atoms with Gasteiger partial charge in [0.05, 0.1) is 0 Å². The summed E-state index contributed by atoms with van der Waals surface area (Å²) in [6, 6.07) is 9.71. The van der Waals surface area contributed by atoms with E-state index >= 15 is 0 Å². The molecule has 0 bridgehead atoms. The van der Waals surface area contributed by atoms with E-state index in [2.05, 4.69) is 15.4 Å². The number of amidine groups is 1. The summed E-state index contributed by atoms with van der Waals surface area (Å²) in [4.78, 5) is 5.14. The number of nitrogens with zero attached hydrogens (tertiary/aromatic N) is 3. The first-order valence-corrected chi connectivity index (χ1v) is 7.54. The number of rotatable bonds is 5. The van der Waals surface area contributed by atoms with Gasteiger partial charge in [0.15, 0.2) is 12.4 Å². The smallest absolute Gasteiger partial charge is 0.257 e. The summed E-state index contributed by atoms with van der Waals surface area (Å²) in [6.07, 6.45) is 0. The van der Waals surface area contributed by atoms with Gasteiger partial charge in [0, 0.05) is 16.5 Å². The highest BCUT2D eigenvalue weighted by Crippen LogP contribution is 2.18. The van der Waals surface area contributed by atoms with Crippen molar-refractivity contribution in [2.75, 3.05) is 0 Å². The highest BCUT2D eigenvalue weighted by atomic mass is 32.1. The topological polar surface area (TPSA) is 86.5 Å². The lowest BCUT2D eigenvalue weighted by molar-refractivity contribution is 0.111. The number of hydrogen-bond acceptors (Lipinski definition) is 6. The van der Waals surface area contributed by atoms with Crippen molar-refractivity contribution >= 4 is 17.2 Å². The largest absolute Gasteiger partial charge is 0.417 e. The van der Waals surface area contributed by atoms with Crippen molar-refractivity contribution in [3.63, 3.8) is 0 Å². The Morgan fingerprint density at radius 2 is 2.09 bits per heavy atom. The highest BCUT2D eigenvalue weighted by molar-refractivity contribution is 7.08. The quantitative estimate of drug-likeness (QED) is 0.444. The minimum absolute atomic E-state index is 0.0731. The molecule has 0 spiro atoms. The average molecular weight is 314 g/mol. The fraction of sp³-hybridized carbons (Fsp3) is 0.133. The van der Waals surface area contributed by atoms with Crippen LogP contribution in [0.25, 0.3) is 11.5 Å². The second-order valence-electron chi connectivity index (χ2n) is 4.63. The van der Waals surface area contributed by atoms with Gasteiger partial charge < -0.3 is 15.0 Å². The van der Waals surface area contributed by atoms with E-state index in [0.29, 0.717) is 17.6 Å². The van der Waals surface area contributed by atoms with Crippen LogP contribution in [0.15, 0.2) is 50.7 Å². The normalized spacial score (nSPS) is 11.6. The molecule has 2 aromatic heterocycles. The first-order chi connectivity index (χ1) is 10.7. The van der Waals surface area contributed by atoms with E-state index in [0.717, 1.165) is 11.1 Å². The van der Waals surface area contributed by atoms with Crippen LogP contribution in [0.3, 0.4) is 0 Å². The molecule has 0 fully saturated rings. The van der Waals surface area contributed by atoms with Crippen LogP contribution in [0.1, 0.15) is 17.0 Å². The fourth-order valence-corrected chi connectivity index (χ4v) is 2.39. The van der Waals surface area contributed by atoms with E-state index in [-0.39, 0.29) is 6.61 Å². The van der Waals surface area contributed by atoms with E-state index in [4.69, 9.17) is 15.0 Å². The van der Waals surface area contributed by atoms with Crippen LogP contribution < -0.4 is 5.73 Å². The van der Waals surface area contributed by atoms with Crippen molar-refractivity contribution in [3.8, 4) is 11.5 Å². The third-order valence-corrected chi connectivity index (χ3v) is 3.62. The van der Waals surface area contributed by atoms with E-state index < -0.39 is 0 Å². The van der Waals surface area contributed by atoms with Gasteiger partial charge >= 0.3 is 0 Å². The summed E-state index contributed by atoms with van der Waals surface area (Å²) >= 11 is 1.54. The third kappa shape index (κ3) is 3.32. The van der Waals surface area contributed by atoms with Gasteiger partial charge in [-0.15, -0.1) is 10.2 Å². The standard InChI is InChI=1S/C15H14N4O2S/c1-10-2-4-11(5-3-10)15-18-17-13(21-15)8-20-19-14(16)12-6-7-22-9-12/h2-7,9H,8H2,1H3,(H2,16,19). The van der Waals surface area contributed by atoms with Crippen LogP contribution in [0.2, 0.25) is 0 Å². The summed E-state index contributed by atoms with van der Waals surface area (Å²) in [7, 11) is 0. The van der Waals surface area contributed by atoms with Crippen molar-refractivity contribution < 1.29 is 9.25 Å². The Balaban J connectivity index is 1.62. The number of aromatic nitrogens is 2. The maximum atomic E-state index is 5.78. The zero-order valence-corrected chi connectivity index (χ0v) is 12.7. The fourth-order valence-electron chi connectivity index (χ4n) is 1.74.